The molecule has 30 heavy (non-hydrogen) atoms. The third-order valence-electron chi connectivity index (χ3n) is 5.23. The van der Waals surface area contributed by atoms with Gasteiger partial charge in [0.2, 0.25) is 11.8 Å². The van der Waals surface area contributed by atoms with Gasteiger partial charge in [0, 0.05) is 5.92 Å². The predicted octanol–water partition coefficient (Wildman–Crippen LogP) is 5.59. The Balaban J connectivity index is 1.80. The van der Waals surface area contributed by atoms with Crippen molar-refractivity contribution in [2.45, 2.75) is 12.8 Å². The number of hydrogen-bond acceptors (Lipinski definition) is 5. The standard InChI is InChI=1S/C22H18N4O2S2/c1-12-16-17(13-8-10-15(27-2)11-9-13)18-19(23-22(30)24-20(18)29)28-21(16)26(25-12)14-6-4-3-5-7-14/h3-11,17H,1-2H3,(H2,23,24,29,30). The molecule has 0 radical (unpaired) electrons. The molecule has 1 aliphatic heterocycles. The topological polar surface area (TPSA) is 67.9 Å². The monoisotopic (exact) mass is 434 g/mol. The first kappa shape index (κ1) is 18.8. The lowest BCUT2D eigenvalue weighted by Crippen LogP contribution is -2.15. The molecule has 2 aromatic heterocycles. The first-order valence-electron chi connectivity index (χ1n) is 9.40. The van der Waals surface area contributed by atoms with Gasteiger partial charge in [0.25, 0.3) is 0 Å². The average Bonchev–Trinajstić information content (AvgIpc) is 3.09. The normalized spacial score (nSPS) is 14.5. The summed E-state index contributed by atoms with van der Waals surface area (Å²) in [6, 6.07) is 17.9. The van der Waals surface area contributed by atoms with E-state index in [0.29, 0.717) is 21.2 Å². The molecule has 8 heteroatoms. The summed E-state index contributed by atoms with van der Waals surface area (Å²) in [6.07, 6.45) is 0. The van der Waals surface area contributed by atoms with Crippen LogP contribution in [0.2, 0.25) is 0 Å². The smallest absolute Gasteiger partial charge is 0.229 e. The zero-order chi connectivity index (χ0) is 20.8. The lowest BCUT2D eigenvalue weighted by Gasteiger charge is -2.26. The van der Waals surface area contributed by atoms with Crippen LogP contribution in [-0.4, -0.2) is 26.9 Å². The molecule has 4 aromatic rings. The van der Waals surface area contributed by atoms with Gasteiger partial charge in [-0.2, -0.15) is 5.10 Å². The number of nitrogens with zero attached hydrogens (tertiary/aromatic N) is 2. The Labute approximate surface area is 183 Å². The Hall–Kier alpha value is -3.23. The van der Waals surface area contributed by atoms with Crippen molar-refractivity contribution < 1.29 is 9.47 Å². The fraction of sp³-hybridized carbons (Fsp3) is 0.136. The van der Waals surface area contributed by atoms with Crippen molar-refractivity contribution in [3.05, 3.63) is 86.4 Å². The minimum absolute atomic E-state index is 0.164. The molecule has 0 saturated carbocycles. The third kappa shape index (κ3) is 2.96. The molecule has 0 bridgehead atoms. The van der Waals surface area contributed by atoms with Gasteiger partial charge in [-0.15, -0.1) is 0 Å². The van der Waals surface area contributed by atoms with Crippen LogP contribution in [0.4, 0.5) is 0 Å². The Morgan fingerprint density at radius 3 is 2.43 bits per heavy atom. The van der Waals surface area contributed by atoms with Crippen LogP contribution >= 0.6 is 24.4 Å². The Morgan fingerprint density at radius 2 is 1.73 bits per heavy atom. The second-order valence-electron chi connectivity index (χ2n) is 7.01. The van der Waals surface area contributed by atoms with Crippen LogP contribution in [0.15, 0.2) is 54.6 Å². The van der Waals surface area contributed by atoms with E-state index in [1.54, 1.807) is 7.11 Å². The van der Waals surface area contributed by atoms with E-state index in [0.717, 1.165) is 33.8 Å². The number of benzene rings is 2. The molecule has 0 spiro atoms. The number of aromatic nitrogens is 4. The average molecular weight is 435 g/mol. The van der Waals surface area contributed by atoms with Crippen molar-refractivity contribution >= 4 is 24.4 Å². The van der Waals surface area contributed by atoms with Crippen molar-refractivity contribution in [3.63, 3.8) is 0 Å². The van der Waals surface area contributed by atoms with Crippen LogP contribution < -0.4 is 9.47 Å². The largest absolute Gasteiger partial charge is 0.497 e. The fourth-order valence-corrected chi connectivity index (χ4v) is 4.45. The summed E-state index contributed by atoms with van der Waals surface area (Å²) in [4.78, 5) is 6.18. The van der Waals surface area contributed by atoms with Crippen LogP contribution in [0.1, 0.15) is 28.3 Å². The maximum atomic E-state index is 6.31. The highest BCUT2D eigenvalue weighted by Gasteiger charge is 2.36. The summed E-state index contributed by atoms with van der Waals surface area (Å²) in [7, 11) is 1.65. The summed E-state index contributed by atoms with van der Waals surface area (Å²) < 4.78 is 14.4. The first-order chi connectivity index (χ1) is 14.6. The van der Waals surface area contributed by atoms with Gasteiger partial charge < -0.3 is 19.4 Å². The molecule has 0 aliphatic carbocycles. The number of aromatic amines is 2. The highest BCUT2D eigenvalue weighted by molar-refractivity contribution is 7.72. The quantitative estimate of drug-likeness (QED) is 0.362. The Morgan fingerprint density at radius 1 is 1.00 bits per heavy atom. The second-order valence-corrected chi connectivity index (χ2v) is 7.83. The highest BCUT2D eigenvalue weighted by atomic mass is 32.1. The molecule has 1 atom stereocenters. The van der Waals surface area contributed by atoms with Crippen LogP contribution in [0.3, 0.4) is 0 Å². The molecule has 0 fully saturated rings. The summed E-state index contributed by atoms with van der Waals surface area (Å²) in [6.45, 7) is 1.99. The van der Waals surface area contributed by atoms with Crippen molar-refractivity contribution in [1.29, 1.82) is 0 Å². The van der Waals surface area contributed by atoms with Gasteiger partial charge in [0.15, 0.2) is 4.77 Å². The van der Waals surface area contributed by atoms with Gasteiger partial charge in [0.1, 0.15) is 10.4 Å². The number of fused-ring (bicyclic) bond motifs is 2. The van der Waals surface area contributed by atoms with Crippen molar-refractivity contribution in [3.8, 4) is 23.2 Å². The summed E-state index contributed by atoms with van der Waals surface area (Å²) in [5, 5.41) is 4.79. The predicted molar refractivity (Wildman–Crippen MR) is 119 cm³/mol. The molecule has 1 aliphatic rings. The van der Waals surface area contributed by atoms with E-state index < -0.39 is 0 Å². The molecule has 0 saturated heterocycles. The molecule has 2 aromatic carbocycles. The number of methoxy groups -OCH3 is 1. The van der Waals surface area contributed by atoms with Crippen LogP contribution in [-0.2, 0) is 0 Å². The lowest BCUT2D eigenvalue weighted by molar-refractivity contribution is 0.400. The molecular weight excluding hydrogens is 416 g/mol. The molecule has 2 N–H and O–H groups in total. The number of hydrogen-bond donors (Lipinski definition) is 2. The molecule has 3 heterocycles. The minimum atomic E-state index is -0.164. The number of rotatable bonds is 3. The van der Waals surface area contributed by atoms with E-state index in [1.807, 2.05) is 66.2 Å². The fourth-order valence-electron chi connectivity index (χ4n) is 3.88. The first-order valence-corrected chi connectivity index (χ1v) is 10.2. The van der Waals surface area contributed by atoms with E-state index >= 15 is 0 Å². The molecule has 1 unspecified atom stereocenters. The van der Waals surface area contributed by atoms with Crippen molar-refractivity contribution in [1.82, 2.24) is 19.7 Å². The van der Waals surface area contributed by atoms with Crippen LogP contribution in [0.5, 0.6) is 17.5 Å². The minimum Gasteiger partial charge on any atom is -0.497 e. The van der Waals surface area contributed by atoms with E-state index in [2.05, 4.69) is 9.97 Å². The van der Waals surface area contributed by atoms with Crippen LogP contribution in [0, 0.1) is 16.3 Å². The van der Waals surface area contributed by atoms with E-state index in [9.17, 15) is 0 Å². The number of ether oxygens (including phenoxy) is 2. The van der Waals surface area contributed by atoms with Crippen LogP contribution in [0.25, 0.3) is 5.69 Å². The number of H-pyrrole nitrogens is 2. The maximum absolute atomic E-state index is 6.31. The van der Waals surface area contributed by atoms with Gasteiger partial charge in [-0.1, -0.05) is 42.5 Å². The molecular formula is C22H18N4O2S2. The summed E-state index contributed by atoms with van der Waals surface area (Å²) in [5.74, 6) is 1.82. The molecule has 150 valence electrons. The molecule has 5 rings (SSSR count). The summed E-state index contributed by atoms with van der Waals surface area (Å²) >= 11 is 11.0. The zero-order valence-corrected chi connectivity index (χ0v) is 17.9. The zero-order valence-electron chi connectivity index (χ0n) is 16.3. The number of aryl methyl sites for hydroxylation is 1. The third-order valence-corrected chi connectivity index (χ3v) is 5.76. The van der Waals surface area contributed by atoms with Gasteiger partial charge in [-0.05, 0) is 49.0 Å². The Kier molecular flexibility index (Phi) is 4.52. The molecule has 0 amide bonds. The van der Waals surface area contributed by atoms with Gasteiger partial charge in [0.05, 0.1) is 29.6 Å². The van der Waals surface area contributed by atoms with E-state index in [1.165, 1.54) is 0 Å². The van der Waals surface area contributed by atoms with E-state index in [4.69, 9.17) is 39.0 Å². The lowest BCUT2D eigenvalue weighted by atomic mass is 9.85. The van der Waals surface area contributed by atoms with Gasteiger partial charge in [-0.25, -0.2) is 4.68 Å². The summed E-state index contributed by atoms with van der Waals surface area (Å²) in [5.41, 5.74) is 4.66. The number of para-hydroxylation sites is 1. The maximum Gasteiger partial charge on any atom is 0.229 e. The van der Waals surface area contributed by atoms with E-state index in [-0.39, 0.29) is 5.92 Å². The SMILES string of the molecule is COc1ccc(C2c3c(C)nn(-c4ccccc4)c3Oc3[nH]c(=S)[nH]c(=S)c32)cc1. The van der Waals surface area contributed by atoms with Crippen molar-refractivity contribution in [2.75, 3.05) is 7.11 Å². The second kappa shape index (κ2) is 7.23. The van der Waals surface area contributed by atoms with Gasteiger partial charge in [-0.3, -0.25) is 0 Å². The molecule has 6 nitrogen and oxygen atoms in total. The highest BCUT2D eigenvalue weighted by Crippen LogP contribution is 2.48. The Bertz CT molecular complexity index is 1350. The number of nitrogens with one attached hydrogen (secondary N) is 2. The van der Waals surface area contributed by atoms with Gasteiger partial charge >= 0.3 is 0 Å². The van der Waals surface area contributed by atoms with Crippen molar-refractivity contribution in [2.24, 2.45) is 0 Å².